The number of hydrogen-bond donors (Lipinski definition) is 1. The number of nitrogens with zero attached hydrogens (tertiary/aromatic N) is 1. The van der Waals surface area contributed by atoms with Gasteiger partial charge in [0.05, 0.1) is 22.3 Å². The minimum atomic E-state index is -0.443. The molecule has 0 aliphatic heterocycles. The molecule has 0 aliphatic carbocycles. The van der Waals surface area contributed by atoms with Crippen LogP contribution in [-0.4, -0.2) is 19.8 Å². The molecular weight excluding hydrogens is 311 g/mol. The van der Waals surface area contributed by atoms with E-state index < -0.39 is 5.82 Å². The Bertz CT molecular complexity index is 457. The number of ether oxygens (including phenoxy) is 1. The van der Waals surface area contributed by atoms with Crippen molar-refractivity contribution in [3.63, 3.8) is 0 Å². The number of anilines is 1. The number of hydrogen-bond acceptors (Lipinski definition) is 3. The van der Waals surface area contributed by atoms with E-state index >= 15 is 0 Å². The first kappa shape index (κ1) is 15.9. The Kier molecular flexibility index (Phi) is 6.82. The topological polar surface area (TPSA) is 45.0 Å². The monoisotopic (exact) mass is 328 g/mol. The zero-order valence-corrected chi connectivity index (χ0v) is 12.8. The van der Waals surface area contributed by atoms with Crippen LogP contribution in [0.2, 0.25) is 0 Å². The summed E-state index contributed by atoms with van der Waals surface area (Å²) in [5, 5.41) is 11.7. The van der Waals surface area contributed by atoms with Gasteiger partial charge in [-0.25, -0.2) is 4.39 Å². The first-order valence-corrected chi connectivity index (χ1v) is 7.05. The van der Waals surface area contributed by atoms with Crippen LogP contribution in [-0.2, 0) is 4.74 Å². The first-order chi connectivity index (χ1) is 9.06. The highest BCUT2D eigenvalue weighted by Gasteiger charge is 2.10. The highest BCUT2D eigenvalue weighted by molar-refractivity contribution is 9.10. The molecule has 0 radical (unpaired) electrons. The number of rotatable bonds is 7. The van der Waals surface area contributed by atoms with E-state index in [1.807, 2.05) is 6.07 Å². The van der Waals surface area contributed by atoms with Gasteiger partial charge in [-0.3, -0.25) is 0 Å². The van der Waals surface area contributed by atoms with Crippen LogP contribution in [0.1, 0.15) is 25.8 Å². The molecule has 1 rings (SSSR count). The van der Waals surface area contributed by atoms with Gasteiger partial charge in [0.15, 0.2) is 5.82 Å². The van der Waals surface area contributed by atoms with Crippen LogP contribution in [0.3, 0.4) is 0 Å². The fourth-order valence-electron chi connectivity index (χ4n) is 1.45. The minimum Gasteiger partial charge on any atom is -0.380 e. The molecular formula is C14H18BrFN2O. The van der Waals surface area contributed by atoms with Crippen molar-refractivity contribution in [2.24, 2.45) is 5.92 Å². The van der Waals surface area contributed by atoms with Gasteiger partial charge >= 0.3 is 0 Å². The second-order valence-electron chi connectivity index (χ2n) is 4.62. The van der Waals surface area contributed by atoms with Crippen LogP contribution in [0.15, 0.2) is 16.6 Å². The van der Waals surface area contributed by atoms with Crippen LogP contribution in [0.5, 0.6) is 0 Å². The molecule has 0 aliphatic rings. The molecule has 0 spiro atoms. The lowest BCUT2D eigenvalue weighted by Crippen LogP contribution is -2.12. The van der Waals surface area contributed by atoms with E-state index in [0.717, 1.165) is 13.0 Å². The van der Waals surface area contributed by atoms with Gasteiger partial charge < -0.3 is 10.1 Å². The third kappa shape index (κ3) is 5.17. The predicted molar refractivity (Wildman–Crippen MR) is 77.6 cm³/mol. The maximum Gasteiger partial charge on any atom is 0.161 e. The molecule has 0 saturated carbocycles. The van der Waals surface area contributed by atoms with Gasteiger partial charge in [-0.2, -0.15) is 5.26 Å². The lowest BCUT2D eigenvalue weighted by atomic mass is 10.1. The largest absolute Gasteiger partial charge is 0.380 e. The quantitative estimate of drug-likeness (QED) is 0.771. The van der Waals surface area contributed by atoms with Gasteiger partial charge in [-0.1, -0.05) is 13.8 Å². The van der Waals surface area contributed by atoms with Gasteiger partial charge in [-0.15, -0.1) is 0 Å². The molecule has 0 heterocycles. The van der Waals surface area contributed by atoms with Crippen LogP contribution >= 0.6 is 15.9 Å². The van der Waals surface area contributed by atoms with E-state index in [2.05, 4.69) is 35.1 Å². The molecule has 0 atom stereocenters. The third-order valence-corrected chi connectivity index (χ3v) is 3.38. The Labute approximate surface area is 121 Å². The average molecular weight is 329 g/mol. The van der Waals surface area contributed by atoms with Crippen LogP contribution in [0, 0.1) is 23.1 Å². The summed E-state index contributed by atoms with van der Waals surface area (Å²) in [6.45, 7) is 6.08. The van der Waals surface area contributed by atoms with E-state index in [4.69, 9.17) is 10.00 Å². The van der Waals surface area contributed by atoms with Crippen LogP contribution in [0.25, 0.3) is 0 Å². The fraction of sp³-hybridized carbons (Fsp3) is 0.500. The van der Waals surface area contributed by atoms with Crippen LogP contribution in [0.4, 0.5) is 10.1 Å². The zero-order chi connectivity index (χ0) is 14.3. The van der Waals surface area contributed by atoms with E-state index in [1.54, 1.807) is 12.1 Å². The summed E-state index contributed by atoms with van der Waals surface area (Å²) < 4.78 is 19.5. The SMILES string of the molecule is CC(C)CCOCCNc1ccc(C#N)c(Br)c1F. The summed E-state index contributed by atoms with van der Waals surface area (Å²) in [4.78, 5) is 0. The van der Waals surface area contributed by atoms with E-state index in [-0.39, 0.29) is 10.0 Å². The summed E-state index contributed by atoms with van der Waals surface area (Å²) in [6, 6.07) is 5.06. The Morgan fingerprint density at radius 2 is 2.16 bits per heavy atom. The summed E-state index contributed by atoms with van der Waals surface area (Å²) in [7, 11) is 0. The maximum absolute atomic E-state index is 13.8. The summed E-state index contributed by atoms with van der Waals surface area (Å²) in [5.41, 5.74) is 0.662. The van der Waals surface area contributed by atoms with Crippen molar-refractivity contribution in [2.45, 2.75) is 20.3 Å². The lowest BCUT2D eigenvalue weighted by molar-refractivity contribution is 0.132. The smallest absolute Gasteiger partial charge is 0.161 e. The normalized spacial score (nSPS) is 10.5. The molecule has 0 amide bonds. The molecule has 3 nitrogen and oxygen atoms in total. The summed E-state index contributed by atoms with van der Waals surface area (Å²) in [6.07, 6.45) is 1.02. The molecule has 5 heteroatoms. The molecule has 0 fully saturated rings. The second kappa shape index (κ2) is 8.13. The highest BCUT2D eigenvalue weighted by atomic mass is 79.9. The van der Waals surface area contributed by atoms with Gasteiger partial charge in [0, 0.05) is 13.2 Å². The highest BCUT2D eigenvalue weighted by Crippen LogP contribution is 2.26. The maximum atomic E-state index is 13.8. The molecule has 1 N–H and O–H groups in total. The third-order valence-electron chi connectivity index (χ3n) is 2.60. The second-order valence-corrected chi connectivity index (χ2v) is 5.42. The van der Waals surface area contributed by atoms with Crippen molar-refractivity contribution in [2.75, 3.05) is 25.1 Å². The van der Waals surface area contributed by atoms with Crippen LogP contribution < -0.4 is 5.32 Å². The Morgan fingerprint density at radius 1 is 1.42 bits per heavy atom. The number of benzene rings is 1. The molecule has 0 aromatic heterocycles. The number of halogens is 2. The van der Waals surface area contributed by atoms with Gasteiger partial charge in [-0.05, 0) is 40.4 Å². The van der Waals surface area contributed by atoms with Crippen molar-refractivity contribution in [3.05, 3.63) is 28.0 Å². The van der Waals surface area contributed by atoms with Crippen molar-refractivity contribution < 1.29 is 9.13 Å². The number of nitriles is 1. The summed E-state index contributed by atoms with van der Waals surface area (Å²) in [5.74, 6) is 0.182. The van der Waals surface area contributed by atoms with Gasteiger partial charge in [0.1, 0.15) is 6.07 Å². The van der Waals surface area contributed by atoms with Crippen molar-refractivity contribution in [1.29, 1.82) is 5.26 Å². The molecule has 1 aromatic carbocycles. The molecule has 0 unspecified atom stereocenters. The van der Waals surface area contributed by atoms with E-state index in [1.165, 1.54) is 0 Å². The lowest BCUT2D eigenvalue weighted by Gasteiger charge is -2.10. The number of nitrogens with one attached hydrogen (secondary N) is 1. The molecule has 104 valence electrons. The molecule has 0 bridgehead atoms. The first-order valence-electron chi connectivity index (χ1n) is 6.26. The molecule has 0 saturated heterocycles. The Balaban J connectivity index is 2.38. The van der Waals surface area contributed by atoms with Crippen molar-refractivity contribution >= 4 is 21.6 Å². The average Bonchev–Trinajstić information content (AvgIpc) is 2.38. The Morgan fingerprint density at radius 3 is 2.79 bits per heavy atom. The van der Waals surface area contributed by atoms with Crippen molar-refractivity contribution in [1.82, 2.24) is 0 Å². The fourth-order valence-corrected chi connectivity index (χ4v) is 1.89. The zero-order valence-electron chi connectivity index (χ0n) is 11.2. The molecule has 1 aromatic rings. The van der Waals surface area contributed by atoms with Crippen molar-refractivity contribution in [3.8, 4) is 6.07 Å². The van der Waals surface area contributed by atoms with Gasteiger partial charge in [0.25, 0.3) is 0 Å². The minimum absolute atomic E-state index is 0.195. The predicted octanol–water partition coefficient (Wildman–Crippen LogP) is 3.93. The summed E-state index contributed by atoms with van der Waals surface area (Å²) >= 11 is 3.07. The van der Waals surface area contributed by atoms with E-state index in [9.17, 15) is 4.39 Å². The Hall–Kier alpha value is -1.12. The van der Waals surface area contributed by atoms with Gasteiger partial charge in [0.2, 0.25) is 0 Å². The van der Waals surface area contributed by atoms with E-state index in [0.29, 0.717) is 24.8 Å². The standard InChI is InChI=1S/C14H18BrFN2O/c1-10(2)5-7-19-8-6-18-12-4-3-11(9-17)13(15)14(12)16/h3-4,10,18H,5-8H2,1-2H3. The molecule has 19 heavy (non-hydrogen) atoms.